The van der Waals surface area contributed by atoms with Gasteiger partial charge in [-0.25, -0.2) is 4.39 Å². The average Bonchev–Trinajstić information content (AvgIpc) is 3.22. The maximum absolute atomic E-state index is 13.2. The molecule has 0 aliphatic carbocycles. The molecule has 0 fully saturated rings. The van der Waals surface area contributed by atoms with E-state index in [4.69, 9.17) is 21.7 Å². The van der Waals surface area contributed by atoms with E-state index in [-0.39, 0.29) is 16.8 Å². The van der Waals surface area contributed by atoms with Gasteiger partial charge in [0.25, 0.3) is 5.91 Å². The van der Waals surface area contributed by atoms with Gasteiger partial charge in [-0.1, -0.05) is 0 Å². The van der Waals surface area contributed by atoms with Crippen LogP contribution >= 0.6 is 12.2 Å². The van der Waals surface area contributed by atoms with E-state index in [0.29, 0.717) is 52.7 Å². The van der Waals surface area contributed by atoms with Crippen LogP contribution in [0.15, 0.2) is 54.6 Å². The summed E-state index contributed by atoms with van der Waals surface area (Å²) in [4.78, 5) is 14.1. The molecule has 2 heterocycles. The first kappa shape index (κ1) is 20.8. The van der Waals surface area contributed by atoms with E-state index in [2.05, 4.69) is 20.8 Å². The van der Waals surface area contributed by atoms with Crippen molar-refractivity contribution in [2.75, 3.05) is 18.5 Å². The summed E-state index contributed by atoms with van der Waals surface area (Å²) in [7, 11) is 0. The fourth-order valence-corrected chi connectivity index (χ4v) is 3.61. The fourth-order valence-electron chi connectivity index (χ4n) is 3.41. The number of carbonyl (C=O) groups is 1. The predicted molar refractivity (Wildman–Crippen MR) is 125 cm³/mol. The Bertz CT molecular complexity index is 1390. The van der Waals surface area contributed by atoms with Gasteiger partial charge in [0.1, 0.15) is 30.1 Å². The lowest BCUT2D eigenvalue weighted by molar-refractivity contribution is 0.0976. The number of hydrogen-bond acceptors (Lipinski definition) is 6. The van der Waals surface area contributed by atoms with Crippen LogP contribution in [0.3, 0.4) is 0 Å². The number of nitrogens with one attached hydrogen (secondary N) is 2. The molecule has 0 unspecified atom stereocenters. The van der Waals surface area contributed by atoms with Crippen LogP contribution in [-0.2, 0) is 0 Å². The van der Waals surface area contributed by atoms with Crippen molar-refractivity contribution in [1.82, 2.24) is 20.3 Å². The fraction of sp³-hybridized carbons (Fsp3) is 0.130. The first-order valence-electron chi connectivity index (χ1n) is 10.1. The first-order chi connectivity index (χ1) is 16.0. The van der Waals surface area contributed by atoms with E-state index < -0.39 is 0 Å². The number of aryl methyl sites for hydroxylation is 1. The third kappa shape index (κ3) is 4.33. The van der Waals surface area contributed by atoms with Crippen molar-refractivity contribution >= 4 is 40.0 Å². The molecule has 5 rings (SSSR count). The molecule has 3 aromatic carbocycles. The van der Waals surface area contributed by atoms with Crippen molar-refractivity contribution in [2.45, 2.75) is 6.92 Å². The Hall–Kier alpha value is -4.05. The van der Waals surface area contributed by atoms with Crippen molar-refractivity contribution < 1.29 is 18.7 Å². The van der Waals surface area contributed by atoms with Gasteiger partial charge in [0.2, 0.25) is 0 Å². The number of halogens is 1. The van der Waals surface area contributed by atoms with E-state index in [0.717, 1.165) is 5.56 Å². The van der Waals surface area contributed by atoms with Gasteiger partial charge in [-0.2, -0.15) is 4.80 Å². The number of fused-ring (bicyclic) bond motifs is 2. The van der Waals surface area contributed by atoms with Crippen molar-refractivity contribution in [1.29, 1.82) is 0 Å². The van der Waals surface area contributed by atoms with Gasteiger partial charge in [0, 0.05) is 11.3 Å². The maximum Gasteiger partial charge on any atom is 0.257 e. The second kappa shape index (κ2) is 8.47. The lowest BCUT2D eigenvalue weighted by Gasteiger charge is -2.18. The van der Waals surface area contributed by atoms with E-state index in [1.807, 2.05) is 13.0 Å². The van der Waals surface area contributed by atoms with Gasteiger partial charge in [-0.3, -0.25) is 10.1 Å². The van der Waals surface area contributed by atoms with E-state index >= 15 is 0 Å². The molecule has 4 aromatic rings. The van der Waals surface area contributed by atoms with Crippen LogP contribution < -0.4 is 20.1 Å². The molecule has 1 aliphatic heterocycles. The second-order valence-electron chi connectivity index (χ2n) is 7.39. The number of anilines is 1. The smallest absolute Gasteiger partial charge is 0.257 e. The number of benzene rings is 3. The first-order valence-corrected chi connectivity index (χ1v) is 10.5. The minimum atomic E-state index is -0.370. The van der Waals surface area contributed by atoms with E-state index in [1.165, 1.54) is 16.9 Å². The number of thiocarbonyl (C=S) groups is 1. The summed E-state index contributed by atoms with van der Waals surface area (Å²) in [5, 5.41) is 14.8. The molecule has 10 heteroatoms. The molecular weight excluding hydrogens is 445 g/mol. The summed E-state index contributed by atoms with van der Waals surface area (Å²) >= 11 is 5.33. The summed E-state index contributed by atoms with van der Waals surface area (Å²) in [6, 6.07) is 14.5. The van der Waals surface area contributed by atoms with Crippen LogP contribution in [0, 0.1) is 12.7 Å². The lowest BCUT2D eigenvalue weighted by Crippen LogP contribution is -2.34. The highest BCUT2D eigenvalue weighted by Crippen LogP contribution is 2.30. The minimum absolute atomic E-state index is 0.142. The molecule has 1 aliphatic rings. The Balaban J connectivity index is 1.32. The Morgan fingerprint density at radius 3 is 2.45 bits per heavy atom. The van der Waals surface area contributed by atoms with Crippen molar-refractivity contribution in [3.05, 3.63) is 71.5 Å². The Morgan fingerprint density at radius 2 is 1.70 bits per heavy atom. The number of rotatable bonds is 3. The third-order valence-electron chi connectivity index (χ3n) is 5.06. The number of hydrogen-bond donors (Lipinski definition) is 2. The highest BCUT2D eigenvalue weighted by Gasteiger charge is 2.16. The van der Waals surface area contributed by atoms with Crippen LogP contribution in [0.5, 0.6) is 11.5 Å². The molecule has 0 radical (unpaired) electrons. The zero-order chi connectivity index (χ0) is 22.9. The molecule has 0 spiro atoms. The summed E-state index contributed by atoms with van der Waals surface area (Å²) in [5.41, 5.74) is 3.88. The minimum Gasteiger partial charge on any atom is -0.486 e. The standard InChI is InChI=1S/C23H18FN5O3S/c1-13-10-18-19(28-29(27-18)16-5-3-15(24)4-6-16)12-17(13)25-23(33)26-22(30)14-2-7-20-21(11-14)32-9-8-31-20/h2-7,10-12H,8-9H2,1H3,(H2,25,26,30,33). The van der Waals surface area contributed by atoms with E-state index in [1.54, 1.807) is 36.4 Å². The Morgan fingerprint density at radius 1 is 1.00 bits per heavy atom. The molecule has 0 bridgehead atoms. The molecule has 1 amide bonds. The monoisotopic (exact) mass is 463 g/mol. The van der Waals surface area contributed by atoms with Gasteiger partial charge in [0.05, 0.1) is 5.69 Å². The average molecular weight is 463 g/mol. The topological polar surface area (TPSA) is 90.3 Å². The summed E-state index contributed by atoms with van der Waals surface area (Å²) in [5.74, 6) is 0.435. The summed E-state index contributed by atoms with van der Waals surface area (Å²) < 4.78 is 24.2. The summed E-state index contributed by atoms with van der Waals surface area (Å²) in [6.45, 7) is 2.81. The van der Waals surface area contributed by atoms with Crippen molar-refractivity contribution in [3.8, 4) is 17.2 Å². The molecule has 2 N–H and O–H groups in total. The highest BCUT2D eigenvalue weighted by atomic mass is 32.1. The molecular formula is C23H18FN5O3S. The Labute approximate surface area is 193 Å². The van der Waals surface area contributed by atoms with Gasteiger partial charge < -0.3 is 14.8 Å². The van der Waals surface area contributed by atoms with Crippen LogP contribution in [-0.4, -0.2) is 39.2 Å². The van der Waals surface area contributed by atoms with E-state index in [9.17, 15) is 9.18 Å². The normalized spacial score (nSPS) is 12.4. The molecule has 1 aromatic heterocycles. The quantitative estimate of drug-likeness (QED) is 0.447. The third-order valence-corrected chi connectivity index (χ3v) is 5.27. The van der Waals surface area contributed by atoms with Crippen LogP contribution in [0.4, 0.5) is 10.1 Å². The number of nitrogens with zero attached hydrogens (tertiary/aromatic N) is 3. The molecule has 0 saturated carbocycles. The number of amides is 1. The zero-order valence-electron chi connectivity index (χ0n) is 17.5. The van der Waals surface area contributed by atoms with Crippen LogP contribution in [0.25, 0.3) is 16.7 Å². The molecule has 0 atom stereocenters. The largest absolute Gasteiger partial charge is 0.486 e. The van der Waals surface area contributed by atoms with Gasteiger partial charge in [0.15, 0.2) is 16.6 Å². The SMILES string of the molecule is Cc1cc2nn(-c3ccc(F)cc3)nc2cc1NC(=S)NC(=O)c1ccc2c(c1)OCCO2. The Kier molecular flexibility index (Phi) is 5.35. The van der Waals surface area contributed by atoms with Crippen molar-refractivity contribution in [2.24, 2.45) is 0 Å². The molecule has 8 nitrogen and oxygen atoms in total. The number of ether oxygens (including phenoxy) is 2. The number of aromatic nitrogens is 3. The zero-order valence-corrected chi connectivity index (χ0v) is 18.3. The lowest BCUT2D eigenvalue weighted by atomic mass is 10.1. The van der Waals surface area contributed by atoms with Gasteiger partial charge in [-0.15, -0.1) is 10.2 Å². The highest BCUT2D eigenvalue weighted by molar-refractivity contribution is 7.80. The van der Waals surface area contributed by atoms with Crippen LogP contribution in [0.1, 0.15) is 15.9 Å². The second-order valence-corrected chi connectivity index (χ2v) is 7.80. The van der Waals surface area contributed by atoms with Gasteiger partial charge in [-0.05, 0) is 79.3 Å². The number of carbonyl (C=O) groups excluding carboxylic acids is 1. The maximum atomic E-state index is 13.2. The molecule has 0 saturated heterocycles. The van der Waals surface area contributed by atoms with Gasteiger partial charge >= 0.3 is 0 Å². The predicted octanol–water partition coefficient (Wildman–Crippen LogP) is 3.77. The van der Waals surface area contributed by atoms with Crippen molar-refractivity contribution in [3.63, 3.8) is 0 Å². The van der Waals surface area contributed by atoms with Crippen LogP contribution in [0.2, 0.25) is 0 Å². The molecule has 33 heavy (non-hydrogen) atoms. The summed E-state index contributed by atoms with van der Waals surface area (Å²) in [6.07, 6.45) is 0. The molecule has 166 valence electrons.